The molecule has 3 atom stereocenters. The first-order chi connectivity index (χ1) is 33.6. The average Bonchev–Trinajstić information content (AvgIpc) is 3.84. The number of aromatic hydroxyl groups is 1. The summed E-state index contributed by atoms with van der Waals surface area (Å²) in [4.78, 5) is 70.4. The Hall–Kier alpha value is -6.23. The second kappa shape index (κ2) is 19.2. The molecule has 366 valence electrons. The number of hydrogen-bond acceptors (Lipinski definition) is 9. The lowest BCUT2D eigenvalue weighted by atomic mass is 9.68. The number of piperidine rings is 2. The van der Waals surface area contributed by atoms with Gasteiger partial charge in [0.2, 0.25) is 17.7 Å². The van der Waals surface area contributed by atoms with Crippen LogP contribution in [-0.4, -0.2) is 105 Å². The number of nitrogens with one attached hydrogen (secondary N) is 2. The van der Waals surface area contributed by atoms with Crippen LogP contribution in [0, 0.1) is 17.0 Å². The standard InChI is InChI=1S/C45H45F4N5O6.C9H11N/c1-24-14-27-15-30(55)2-3-31(27)41(53(24)22-37(48)49)40-34(46)18-26(19-35(40)47)25-6-8-45(9-7-25)10-12-52(13-11-45)39(57)23-51-20-28-16-32-33(17-29(28)21-51)44(60)54(43(32)59)36-4-5-38(56)50-42(36)58;1-2-4-9-7-10-6-5-8(9)3-1/h2-3,6,15-19,24,36-37,41,55H,4-5,7-14,20-23H2,1H3,(H,50,56,58);1-4,10H,5-7H2/t24-,36?,41+;/m1./s1. The van der Waals surface area contributed by atoms with E-state index in [4.69, 9.17) is 0 Å². The van der Waals surface area contributed by atoms with Gasteiger partial charge in [-0.05, 0) is 151 Å². The molecule has 0 bridgehead atoms. The topological polar surface area (TPSA) is 143 Å². The summed E-state index contributed by atoms with van der Waals surface area (Å²) in [5.74, 6) is -3.85. The molecule has 3 N–H and O–H groups in total. The van der Waals surface area contributed by atoms with Crippen LogP contribution in [0.1, 0.15) is 123 Å². The molecule has 1 aliphatic carbocycles. The van der Waals surface area contributed by atoms with E-state index in [2.05, 4.69) is 34.9 Å². The Morgan fingerprint density at radius 2 is 1.51 bits per heavy atom. The van der Waals surface area contributed by atoms with Gasteiger partial charge in [0.05, 0.1) is 30.3 Å². The van der Waals surface area contributed by atoms with Gasteiger partial charge in [0.15, 0.2) is 0 Å². The van der Waals surface area contributed by atoms with E-state index in [1.54, 1.807) is 25.1 Å². The van der Waals surface area contributed by atoms with E-state index >= 15 is 8.78 Å². The van der Waals surface area contributed by atoms with E-state index in [1.807, 2.05) is 15.9 Å². The van der Waals surface area contributed by atoms with Crippen molar-refractivity contribution in [2.75, 3.05) is 32.7 Å². The van der Waals surface area contributed by atoms with Crippen LogP contribution < -0.4 is 10.6 Å². The molecule has 7 aliphatic rings. The number of benzene rings is 4. The third-order valence-electron chi connectivity index (χ3n) is 15.7. The number of phenols is 1. The third kappa shape index (κ3) is 9.16. The normalized spacial score (nSPS) is 23.1. The molecule has 6 heterocycles. The first kappa shape index (κ1) is 47.4. The Balaban J connectivity index is 0.000000502. The van der Waals surface area contributed by atoms with Crippen molar-refractivity contribution >= 4 is 35.1 Å². The number of alkyl halides is 2. The number of amides is 5. The van der Waals surface area contributed by atoms with Crippen molar-refractivity contribution in [1.29, 1.82) is 0 Å². The van der Waals surface area contributed by atoms with E-state index in [0.29, 0.717) is 62.1 Å². The van der Waals surface area contributed by atoms with Gasteiger partial charge in [-0.25, -0.2) is 17.6 Å². The molecule has 0 aromatic heterocycles. The smallest absolute Gasteiger partial charge is 0.262 e. The number of fused-ring (bicyclic) bond motifs is 4. The lowest BCUT2D eigenvalue weighted by Gasteiger charge is -2.44. The monoisotopic (exact) mass is 960 g/mol. The highest BCUT2D eigenvalue weighted by atomic mass is 19.3. The van der Waals surface area contributed by atoms with Crippen LogP contribution >= 0.6 is 0 Å². The van der Waals surface area contributed by atoms with Crippen LogP contribution in [0.2, 0.25) is 0 Å². The number of rotatable bonds is 7. The fraction of sp³-hybridized carbons (Fsp3) is 0.426. The van der Waals surface area contributed by atoms with E-state index in [0.717, 1.165) is 54.0 Å². The van der Waals surface area contributed by atoms with Crippen LogP contribution in [0.15, 0.2) is 72.8 Å². The van der Waals surface area contributed by atoms with Gasteiger partial charge in [-0.1, -0.05) is 36.4 Å². The Bertz CT molecular complexity index is 2730. The quantitative estimate of drug-likeness (QED) is 0.130. The van der Waals surface area contributed by atoms with Gasteiger partial charge in [-0.3, -0.25) is 44.0 Å². The van der Waals surface area contributed by atoms with Crippen LogP contribution in [0.5, 0.6) is 5.75 Å². The molecule has 5 amide bonds. The summed E-state index contributed by atoms with van der Waals surface area (Å²) in [6.45, 7) is 5.44. The van der Waals surface area contributed by atoms with Crippen LogP contribution in [-0.2, 0) is 46.9 Å². The minimum atomic E-state index is -2.71. The number of carbonyl (C=O) groups excluding carboxylic acids is 5. The summed E-state index contributed by atoms with van der Waals surface area (Å²) in [5, 5.41) is 15.6. The maximum Gasteiger partial charge on any atom is 0.262 e. The van der Waals surface area contributed by atoms with Gasteiger partial charge in [0.25, 0.3) is 18.2 Å². The van der Waals surface area contributed by atoms with E-state index in [-0.39, 0.29) is 53.1 Å². The van der Waals surface area contributed by atoms with Gasteiger partial charge in [0.1, 0.15) is 23.4 Å². The Morgan fingerprint density at radius 1 is 0.829 bits per heavy atom. The summed E-state index contributed by atoms with van der Waals surface area (Å²) < 4.78 is 59.8. The molecule has 16 heteroatoms. The molecule has 1 unspecified atom stereocenters. The van der Waals surface area contributed by atoms with Crippen molar-refractivity contribution in [3.63, 3.8) is 0 Å². The molecule has 11 rings (SSSR count). The van der Waals surface area contributed by atoms with Crippen molar-refractivity contribution in [2.45, 2.75) is 109 Å². The molecule has 0 saturated carbocycles. The molecular weight excluding hydrogens is 905 g/mol. The molecule has 0 radical (unpaired) electrons. The largest absolute Gasteiger partial charge is 0.508 e. The number of likely N-dealkylation sites (tertiary alicyclic amines) is 1. The van der Waals surface area contributed by atoms with Crippen molar-refractivity contribution in [1.82, 2.24) is 30.2 Å². The predicted octanol–water partition coefficient (Wildman–Crippen LogP) is 7.20. The molecule has 4 aromatic carbocycles. The minimum Gasteiger partial charge on any atom is -0.508 e. The summed E-state index contributed by atoms with van der Waals surface area (Å²) in [7, 11) is 0. The number of imide groups is 2. The average molecular weight is 961 g/mol. The summed E-state index contributed by atoms with van der Waals surface area (Å²) in [5.41, 5.74) is 7.17. The lowest BCUT2D eigenvalue weighted by molar-refractivity contribution is -0.136. The highest BCUT2D eigenvalue weighted by molar-refractivity contribution is 6.23. The first-order valence-electron chi connectivity index (χ1n) is 24.3. The van der Waals surface area contributed by atoms with E-state index in [9.17, 15) is 37.9 Å². The van der Waals surface area contributed by atoms with E-state index < -0.39 is 66.4 Å². The van der Waals surface area contributed by atoms with Gasteiger partial charge < -0.3 is 15.3 Å². The van der Waals surface area contributed by atoms with Crippen molar-refractivity contribution in [3.8, 4) is 5.75 Å². The third-order valence-corrected chi connectivity index (χ3v) is 15.7. The van der Waals surface area contributed by atoms with Crippen molar-refractivity contribution in [3.05, 3.63) is 140 Å². The molecular formula is C54H56F4N6O6. The maximum atomic E-state index is 16.1. The van der Waals surface area contributed by atoms with Gasteiger partial charge in [-0.2, -0.15) is 0 Å². The molecule has 4 aromatic rings. The van der Waals surface area contributed by atoms with Gasteiger partial charge in [-0.15, -0.1) is 0 Å². The summed E-state index contributed by atoms with van der Waals surface area (Å²) in [6, 6.07) is 16.5. The number of phenolic OH excluding ortho intramolecular Hbond substituents is 1. The highest BCUT2D eigenvalue weighted by Crippen LogP contribution is 2.47. The molecule has 12 nitrogen and oxygen atoms in total. The molecule has 70 heavy (non-hydrogen) atoms. The second-order valence-electron chi connectivity index (χ2n) is 20.0. The zero-order valence-corrected chi connectivity index (χ0v) is 39.0. The maximum absolute atomic E-state index is 16.1. The zero-order chi connectivity index (χ0) is 49.0. The van der Waals surface area contributed by atoms with Crippen LogP contribution in [0.25, 0.3) is 5.57 Å². The molecule has 2 fully saturated rings. The molecule has 2 saturated heterocycles. The number of nitrogens with zero attached hydrogens (tertiary/aromatic N) is 4. The predicted molar refractivity (Wildman–Crippen MR) is 251 cm³/mol. The Morgan fingerprint density at radius 3 is 2.14 bits per heavy atom. The fourth-order valence-electron chi connectivity index (χ4n) is 11.9. The Labute approximate surface area is 403 Å². The highest BCUT2D eigenvalue weighted by Gasteiger charge is 2.46. The number of hydrogen-bond donors (Lipinski definition) is 3. The van der Waals surface area contributed by atoms with Crippen LogP contribution in [0.3, 0.4) is 0 Å². The summed E-state index contributed by atoms with van der Waals surface area (Å²) in [6.07, 6.45) is 4.63. The second-order valence-corrected chi connectivity index (χ2v) is 20.0. The molecule has 1 spiro atoms. The zero-order valence-electron chi connectivity index (χ0n) is 39.0. The number of carbonyl (C=O) groups is 5. The minimum absolute atomic E-state index is 0.000496. The first-order valence-corrected chi connectivity index (χ1v) is 24.3. The van der Waals surface area contributed by atoms with Crippen molar-refractivity contribution < 1.29 is 46.6 Å². The molecule has 6 aliphatic heterocycles. The van der Waals surface area contributed by atoms with E-state index in [1.165, 1.54) is 46.7 Å². The van der Waals surface area contributed by atoms with Gasteiger partial charge >= 0.3 is 0 Å². The SMILES string of the molecule is C[C@@H]1Cc2cc(O)ccc2[C@@H](c2c(F)cc(C3=CCC4(CC3)CCN(C(=O)CN3Cc5cc6c(cc5C3)C(=O)N(C3CCC(=O)NC3=O)C6=O)CC4)cc2F)N1CC(F)F.c1ccc2c(c1)CCNC2. The number of allylic oxidation sites excluding steroid dienone is 2. The Kier molecular flexibility index (Phi) is 13.0. The number of halogens is 4. The lowest BCUT2D eigenvalue weighted by Crippen LogP contribution is -2.54. The fourth-order valence-corrected chi connectivity index (χ4v) is 11.9. The summed E-state index contributed by atoms with van der Waals surface area (Å²) >= 11 is 0. The van der Waals surface area contributed by atoms with Crippen LogP contribution in [0.4, 0.5) is 17.6 Å². The van der Waals surface area contributed by atoms with Gasteiger partial charge in [0, 0.05) is 50.7 Å². The van der Waals surface area contributed by atoms with Crippen molar-refractivity contribution in [2.24, 2.45) is 5.41 Å².